The van der Waals surface area contributed by atoms with Crippen LogP contribution >= 0.6 is 0 Å². The standard InChI is InChI=1S/C29H50N4O5S/c1-22-17-27(37-7)18-23(2)29(22)39(35,36)31(5)15-16-38-21-28(34)32(6)25-12-10-24(11-13-25)19-33-14-8-9-26(20-33)30(3)4/h17-18,24-26H,8-16,19-21H2,1-7H3/t24?,25?,26-/m1/s1. The molecule has 1 heterocycles. The van der Waals surface area contributed by atoms with Gasteiger partial charge < -0.3 is 24.2 Å². The van der Waals surface area contributed by atoms with Crippen LogP contribution in [-0.2, 0) is 19.6 Å². The van der Waals surface area contributed by atoms with E-state index in [9.17, 15) is 13.2 Å². The zero-order chi connectivity index (χ0) is 28.7. The fourth-order valence-corrected chi connectivity index (χ4v) is 7.63. The molecule has 9 nitrogen and oxygen atoms in total. The maximum Gasteiger partial charge on any atom is 0.248 e. The number of hydrogen-bond donors (Lipinski definition) is 0. The van der Waals surface area contributed by atoms with Gasteiger partial charge in [0.2, 0.25) is 15.9 Å². The van der Waals surface area contributed by atoms with Crippen molar-refractivity contribution in [1.82, 2.24) is 19.0 Å². The predicted molar refractivity (Wildman–Crippen MR) is 155 cm³/mol. The molecular formula is C29H50N4O5S. The van der Waals surface area contributed by atoms with Crippen molar-refractivity contribution in [2.75, 3.05) is 74.7 Å². The summed E-state index contributed by atoms with van der Waals surface area (Å²) in [6.07, 6.45) is 6.92. The second-order valence-corrected chi connectivity index (χ2v) is 13.6. The number of hydrogen-bond acceptors (Lipinski definition) is 7. The molecule has 0 aromatic heterocycles. The first kappa shape index (κ1) is 31.8. The summed E-state index contributed by atoms with van der Waals surface area (Å²) >= 11 is 0. The lowest BCUT2D eigenvalue weighted by Crippen LogP contribution is -2.47. The van der Waals surface area contributed by atoms with Gasteiger partial charge in [-0.25, -0.2) is 8.42 Å². The average Bonchev–Trinajstić information content (AvgIpc) is 2.90. The molecule has 3 rings (SSSR count). The van der Waals surface area contributed by atoms with Gasteiger partial charge in [-0.05, 0) is 102 Å². The molecule has 1 amide bonds. The van der Waals surface area contributed by atoms with Crippen LogP contribution in [0.1, 0.15) is 49.7 Å². The molecule has 1 aliphatic carbocycles. The maximum atomic E-state index is 13.2. The van der Waals surface area contributed by atoms with Crippen LogP contribution in [-0.4, -0.2) is 120 Å². The molecule has 1 aliphatic heterocycles. The lowest BCUT2D eigenvalue weighted by molar-refractivity contribution is -0.137. The Morgan fingerprint density at radius 1 is 1.00 bits per heavy atom. The molecular weight excluding hydrogens is 516 g/mol. The summed E-state index contributed by atoms with van der Waals surface area (Å²) in [4.78, 5) is 19.9. The zero-order valence-electron chi connectivity index (χ0n) is 25.1. The highest BCUT2D eigenvalue weighted by Crippen LogP contribution is 2.29. The van der Waals surface area contributed by atoms with Crippen molar-refractivity contribution in [3.8, 4) is 5.75 Å². The molecule has 1 aromatic rings. The molecule has 0 N–H and O–H groups in total. The van der Waals surface area contributed by atoms with Crippen molar-refractivity contribution < 1.29 is 22.7 Å². The fraction of sp³-hybridized carbons (Fsp3) is 0.759. The Labute approximate surface area is 236 Å². The Hall–Kier alpha value is -1.72. The number of ether oxygens (including phenoxy) is 2. The van der Waals surface area contributed by atoms with Crippen molar-refractivity contribution in [2.45, 2.75) is 69.4 Å². The Kier molecular flexibility index (Phi) is 11.6. The Morgan fingerprint density at radius 2 is 1.64 bits per heavy atom. The Balaban J connectivity index is 1.39. The molecule has 0 bridgehead atoms. The van der Waals surface area contributed by atoms with Gasteiger partial charge in [-0.15, -0.1) is 0 Å². The van der Waals surface area contributed by atoms with E-state index in [-0.39, 0.29) is 36.6 Å². The second kappa shape index (κ2) is 14.3. The number of piperidine rings is 1. The third-order valence-electron chi connectivity index (χ3n) is 8.60. The zero-order valence-corrected chi connectivity index (χ0v) is 25.9. The fourth-order valence-electron chi connectivity index (χ4n) is 6.07. The van der Waals surface area contributed by atoms with Crippen LogP contribution in [0.5, 0.6) is 5.75 Å². The second-order valence-electron chi connectivity index (χ2n) is 11.7. The quantitative estimate of drug-likeness (QED) is 0.360. The van der Waals surface area contributed by atoms with Crippen molar-refractivity contribution in [1.29, 1.82) is 0 Å². The minimum Gasteiger partial charge on any atom is -0.497 e. The van der Waals surface area contributed by atoms with Crippen LogP contribution in [0, 0.1) is 19.8 Å². The third-order valence-corrected chi connectivity index (χ3v) is 10.8. The largest absolute Gasteiger partial charge is 0.497 e. The van der Waals surface area contributed by atoms with E-state index in [1.54, 1.807) is 40.1 Å². The van der Waals surface area contributed by atoms with Crippen LogP contribution in [0.4, 0.5) is 0 Å². The summed E-state index contributed by atoms with van der Waals surface area (Å²) in [6, 6.07) is 4.35. The maximum absolute atomic E-state index is 13.2. The number of rotatable bonds is 12. The molecule has 0 unspecified atom stereocenters. The first-order valence-corrected chi connectivity index (χ1v) is 15.7. The topological polar surface area (TPSA) is 82.6 Å². The molecule has 10 heteroatoms. The van der Waals surface area contributed by atoms with Gasteiger partial charge in [-0.1, -0.05) is 0 Å². The van der Waals surface area contributed by atoms with E-state index in [1.807, 2.05) is 11.9 Å². The van der Waals surface area contributed by atoms with E-state index < -0.39 is 10.0 Å². The van der Waals surface area contributed by atoms with Gasteiger partial charge in [-0.2, -0.15) is 4.31 Å². The van der Waals surface area contributed by atoms with Gasteiger partial charge in [0.15, 0.2) is 0 Å². The van der Waals surface area contributed by atoms with Crippen molar-refractivity contribution in [2.24, 2.45) is 5.92 Å². The number of methoxy groups -OCH3 is 1. The van der Waals surface area contributed by atoms with Crippen LogP contribution < -0.4 is 4.74 Å². The number of carbonyl (C=O) groups is 1. The van der Waals surface area contributed by atoms with Gasteiger partial charge in [0.25, 0.3) is 0 Å². The number of carbonyl (C=O) groups excluding carboxylic acids is 1. The van der Waals surface area contributed by atoms with E-state index in [4.69, 9.17) is 9.47 Å². The molecule has 1 atom stereocenters. The lowest BCUT2D eigenvalue weighted by Gasteiger charge is -2.40. The van der Waals surface area contributed by atoms with Crippen LogP contribution in [0.15, 0.2) is 17.0 Å². The van der Waals surface area contributed by atoms with E-state index in [1.165, 1.54) is 36.8 Å². The smallest absolute Gasteiger partial charge is 0.248 e. The summed E-state index contributed by atoms with van der Waals surface area (Å²) in [7, 11) is 5.65. The summed E-state index contributed by atoms with van der Waals surface area (Å²) in [5.41, 5.74) is 1.28. The minimum atomic E-state index is -3.69. The number of benzene rings is 1. The Bertz CT molecular complexity index is 1030. The highest BCUT2D eigenvalue weighted by molar-refractivity contribution is 7.89. The summed E-state index contributed by atoms with van der Waals surface area (Å²) in [5.74, 6) is 1.29. The first-order valence-electron chi connectivity index (χ1n) is 14.3. The van der Waals surface area contributed by atoms with E-state index in [2.05, 4.69) is 23.9 Å². The first-order chi connectivity index (χ1) is 18.4. The summed E-state index contributed by atoms with van der Waals surface area (Å²) in [5, 5.41) is 0. The normalized spacial score (nSPS) is 22.8. The van der Waals surface area contributed by atoms with Crippen LogP contribution in [0.3, 0.4) is 0 Å². The van der Waals surface area contributed by atoms with Gasteiger partial charge in [0.05, 0.1) is 18.6 Å². The van der Waals surface area contributed by atoms with Gasteiger partial charge in [-0.3, -0.25) is 4.79 Å². The third kappa shape index (κ3) is 8.39. The highest BCUT2D eigenvalue weighted by atomic mass is 32.2. The highest BCUT2D eigenvalue weighted by Gasteiger charge is 2.30. The van der Waals surface area contributed by atoms with Crippen molar-refractivity contribution in [3.63, 3.8) is 0 Å². The lowest BCUT2D eigenvalue weighted by atomic mass is 9.84. The molecule has 222 valence electrons. The molecule has 39 heavy (non-hydrogen) atoms. The Morgan fingerprint density at radius 3 is 2.23 bits per heavy atom. The van der Waals surface area contributed by atoms with E-state index >= 15 is 0 Å². The van der Waals surface area contributed by atoms with Gasteiger partial charge in [0, 0.05) is 45.8 Å². The number of likely N-dealkylation sites (tertiary alicyclic amines) is 1. The number of amides is 1. The monoisotopic (exact) mass is 566 g/mol. The van der Waals surface area contributed by atoms with Crippen molar-refractivity contribution >= 4 is 15.9 Å². The van der Waals surface area contributed by atoms with Gasteiger partial charge in [0.1, 0.15) is 12.4 Å². The number of nitrogens with zero attached hydrogens (tertiary/aromatic N) is 4. The number of likely N-dealkylation sites (N-methyl/N-ethyl adjacent to an activating group) is 3. The molecule has 1 saturated heterocycles. The summed E-state index contributed by atoms with van der Waals surface area (Å²) < 4.78 is 38.5. The SMILES string of the molecule is COc1cc(C)c(S(=O)(=O)N(C)CCOCC(=O)N(C)C2CCC(CN3CCC[C@@H](N(C)C)C3)CC2)c(C)c1. The number of aryl methyl sites for hydroxylation is 2. The van der Waals surface area contributed by atoms with Crippen LogP contribution in [0.2, 0.25) is 0 Å². The van der Waals surface area contributed by atoms with Crippen LogP contribution in [0.25, 0.3) is 0 Å². The molecule has 0 spiro atoms. The molecule has 0 radical (unpaired) electrons. The molecule has 2 aliphatic rings. The minimum absolute atomic E-state index is 0.0371. The van der Waals surface area contributed by atoms with E-state index in [0.29, 0.717) is 28.8 Å². The van der Waals surface area contributed by atoms with Gasteiger partial charge >= 0.3 is 0 Å². The predicted octanol–water partition coefficient (Wildman–Crippen LogP) is 2.99. The van der Waals surface area contributed by atoms with E-state index in [0.717, 1.165) is 25.7 Å². The number of sulfonamides is 1. The average molecular weight is 567 g/mol. The van der Waals surface area contributed by atoms with Crippen molar-refractivity contribution in [3.05, 3.63) is 23.3 Å². The molecule has 1 aromatic carbocycles. The summed E-state index contributed by atoms with van der Waals surface area (Å²) in [6.45, 7) is 7.36. The molecule has 1 saturated carbocycles. The molecule has 2 fully saturated rings.